The molecular weight excluding hydrogens is 174 g/mol. The number of rotatable bonds is 4. The third kappa shape index (κ3) is 3.20. The summed E-state index contributed by atoms with van der Waals surface area (Å²) in [6.45, 7) is 1.91. The molecule has 1 aromatic heterocycles. The van der Waals surface area contributed by atoms with Crippen LogP contribution in [0.25, 0.3) is 0 Å². The Morgan fingerprint density at radius 3 is 3.07 bits per heavy atom. The van der Waals surface area contributed by atoms with Crippen molar-refractivity contribution in [2.24, 2.45) is 0 Å². The van der Waals surface area contributed by atoms with Gasteiger partial charge in [-0.3, -0.25) is 4.98 Å². The third-order valence-electron chi connectivity index (χ3n) is 2.10. The molecule has 0 fully saturated rings. The van der Waals surface area contributed by atoms with Gasteiger partial charge in [0.05, 0.1) is 6.10 Å². The van der Waals surface area contributed by atoms with E-state index in [1.807, 2.05) is 19.1 Å². The van der Waals surface area contributed by atoms with Gasteiger partial charge in [0.1, 0.15) is 0 Å². The van der Waals surface area contributed by atoms with Crippen molar-refractivity contribution in [3.63, 3.8) is 0 Å². The number of aromatic nitrogens is 1. The summed E-state index contributed by atoms with van der Waals surface area (Å²) < 4.78 is 0. The Labute approximate surface area is 85.0 Å². The Morgan fingerprint density at radius 1 is 1.64 bits per heavy atom. The van der Waals surface area contributed by atoms with Crippen LogP contribution in [-0.4, -0.2) is 10.1 Å². The van der Waals surface area contributed by atoms with Crippen LogP contribution < -0.4 is 0 Å². The molecule has 1 atom stereocenters. The summed E-state index contributed by atoms with van der Waals surface area (Å²) in [4.78, 5) is 4.08. The maximum absolute atomic E-state index is 9.78. The van der Waals surface area contributed by atoms with Gasteiger partial charge < -0.3 is 5.11 Å². The fraction of sp³-hybridized carbons (Fsp3) is 0.417. The Morgan fingerprint density at radius 2 is 2.43 bits per heavy atom. The van der Waals surface area contributed by atoms with E-state index < -0.39 is 6.10 Å². The highest BCUT2D eigenvalue weighted by atomic mass is 16.3. The van der Waals surface area contributed by atoms with Crippen molar-refractivity contribution >= 4 is 0 Å². The normalized spacial score (nSPS) is 12.1. The molecular formula is C12H15NO. The maximum Gasteiger partial charge on any atom is 0.0791 e. The first-order chi connectivity index (χ1) is 6.74. The highest BCUT2D eigenvalue weighted by molar-refractivity contribution is 5.17. The van der Waals surface area contributed by atoms with Crippen LogP contribution >= 0.6 is 0 Å². The second-order valence-electron chi connectivity index (χ2n) is 3.34. The van der Waals surface area contributed by atoms with Crippen molar-refractivity contribution in [1.29, 1.82) is 0 Å². The van der Waals surface area contributed by atoms with Crippen LogP contribution in [0.15, 0.2) is 18.3 Å². The number of hydrogen-bond donors (Lipinski definition) is 1. The lowest BCUT2D eigenvalue weighted by Crippen LogP contribution is -1.98. The first-order valence-electron chi connectivity index (χ1n) is 4.78. The molecule has 1 N–H and O–H groups in total. The van der Waals surface area contributed by atoms with Crippen LogP contribution in [0.4, 0.5) is 0 Å². The van der Waals surface area contributed by atoms with Gasteiger partial charge in [0.25, 0.3) is 0 Å². The summed E-state index contributed by atoms with van der Waals surface area (Å²) in [5, 5.41) is 9.78. The van der Waals surface area contributed by atoms with Crippen LogP contribution in [0.3, 0.4) is 0 Å². The van der Waals surface area contributed by atoms with Gasteiger partial charge in [-0.2, -0.15) is 0 Å². The molecule has 2 nitrogen and oxygen atoms in total. The zero-order valence-corrected chi connectivity index (χ0v) is 8.40. The van der Waals surface area contributed by atoms with Gasteiger partial charge in [-0.25, -0.2) is 0 Å². The minimum atomic E-state index is -0.412. The summed E-state index contributed by atoms with van der Waals surface area (Å²) in [6, 6.07) is 3.74. The predicted molar refractivity (Wildman–Crippen MR) is 56.6 cm³/mol. The van der Waals surface area contributed by atoms with E-state index in [9.17, 15) is 5.11 Å². The number of nitrogens with zero attached hydrogens (tertiary/aromatic N) is 1. The molecule has 14 heavy (non-hydrogen) atoms. The van der Waals surface area contributed by atoms with E-state index in [1.165, 1.54) is 0 Å². The largest absolute Gasteiger partial charge is 0.388 e. The van der Waals surface area contributed by atoms with Crippen molar-refractivity contribution in [3.8, 4) is 12.3 Å². The third-order valence-corrected chi connectivity index (χ3v) is 2.10. The lowest BCUT2D eigenvalue weighted by molar-refractivity contribution is 0.165. The maximum atomic E-state index is 9.78. The standard InChI is InChI=1S/C12H15NO/c1-3-4-5-6-12(14)11-7-8-13-10(2)9-11/h1,7-9,12,14H,4-6H2,2H3. The fourth-order valence-electron chi connectivity index (χ4n) is 1.34. The number of hydrogen-bond acceptors (Lipinski definition) is 2. The molecule has 0 spiro atoms. The molecule has 0 aliphatic heterocycles. The van der Waals surface area contributed by atoms with E-state index in [0.717, 1.165) is 24.1 Å². The number of pyridine rings is 1. The first-order valence-corrected chi connectivity index (χ1v) is 4.78. The van der Waals surface area contributed by atoms with Gasteiger partial charge in [0.2, 0.25) is 0 Å². The summed E-state index contributed by atoms with van der Waals surface area (Å²) >= 11 is 0. The lowest BCUT2D eigenvalue weighted by atomic mass is 10.0. The molecule has 0 aliphatic carbocycles. The van der Waals surface area contributed by atoms with Gasteiger partial charge >= 0.3 is 0 Å². The SMILES string of the molecule is C#CCCCC(O)c1ccnc(C)c1. The van der Waals surface area contributed by atoms with Crippen LogP contribution in [0, 0.1) is 19.3 Å². The predicted octanol–water partition coefficient (Wildman–Crippen LogP) is 2.23. The number of aliphatic hydroxyl groups excluding tert-OH is 1. The van der Waals surface area contributed by atoms with Crippen molar-refractivity contribution in [3.05, 3.63) is 29.6 Å². The Kier molecular flexibility index (Phi) is 4.15. The van der Waals surface area contributed by atoms with Gasteiger partial charge in [0, 0.05) is 18.3 Å². The molecule has 1 unspecified atom stereocenters. The summed E-state index contributed by atoms with van der Waals surface area (Å²) in [5.41, 5.74) is 1.85. The lowest BCUT2D eigenvalue weighted by Gasteiger charge is -2.09. The smallest absolute Gasteiger partial charge is 0.0791 e. The Bertz CT molecular complexity index is 327. The van der Waals surface area contributed by atoms with Crippen molar-refractivity contribution < 1.29 is 5.11 Å². The average Bonchev–Trinajstić information content (AvgIpc) is 2.18. The summed E-state index contributed by atoms with van der Waals surface area (Å²) in [5.74, 6) is 2.56. The minimum absolute atomic E-state index is 0.412. The van der Waals surface area contributed by atoms with Crippen LogP contribution in [0.1, 0.15) is 36.6 Å². The molecule has 1 rings (SSSR count). The van der Waals surface area contributed by atoms with E-state index in [4.69, 9.17) is 6.42 Å². The highest BCUT2D eigenvalue weighted by Crippen LogP contribution is 2.18. The van der Waals surface area contributed by atoms with Gasteiger partial charge in [-0.1, -0.05) is 0 Å². The molecule has 1 heterocycles. The second kappa shape index (κ2) is 5.41. The molecule has 0 radical (unpaired) electrons. The van der Waals surface area contributed by atoms with Gasteiger partial charge in [-0.15, -0.1) is 12.3 Å². The quantitative estimate of drug-likeness (QED) is 0.582. The highest BCUT2D eigenvalue weighted by Gasteiger charge is 2.06. The number of aliphatic hydroxyl groups is 1. The van der Waals surface area contributed by atoms with Crippen molar-refractivity contribution in [2.45, 2.75) is 32.3 Å². The molecule has 0 amide bonds. The minimum Gasteiger partial charge on any atom is -0.388 e. The monoisotopic (exact) mass is 189 g/mol. The van der Waals surface area contributed by atoms with Crippen molar-refractivity contribution in [1.82, 2.24) is 4.98 Å². The summed E-state index contributed by atoms with van der Waals surface area (Å²) in [7, 11) is 0. The molecule has 0 aromatic carbocycles. The molecule has 74 valence electrons. The van der Waals surface area contributed by atoms with Crippen LogP contribution in [0.2, 0.25) is 0 Å². The number of unbranched alkanes of at least 4 members (excludes halogenated alkanes) is 1. The van der Waals surface area contributed by atoms with E-state index in [0.29, 0.717) is 6.42 Å². The molecule has 2 heteroatoms. The second-order valence-corrected chi connectivity index (χ2v) is 3.34. The molecule has 0 bridgehead atoms. The van der Waals surface area contributed by atoms with Gasteiger partial charge in [0.15, 0.2) is 0 Å². The van der Waals surface area contributed by atoms with Crippen molar-refractivity contribution in [2.75, 3.05) is 0 Å². The number of aryl methyl sites for hydroxylation is 1. The number of terminal acetylenes is 1. The Balaban J connectivity index is 2.52. The average molecular weight is 189 g/mol. The van der Waals surface area contributed by atoms with E-state index >= 15 is 0 Å². The zero-order chi connectivity index (χ0) is 10.4. The Hall–Kier alpha value is -1.33. The fourth-order valence-corrected chi connectivity index (χ4v) is 1.34. The topological polar surface area (TPSA) is 33.1 Å². The van der Waals surface area contributed by atoms with E-state index in [1.54, 1.807) is 6.20 Å². The van der Waals surface area contributed by atoms with E-state index in [2.05, 4.69) is 10.9 Å². The summed E-state index contributed by atoms with van der Waals surface area (Å²) in [6.07, 6.45) is 8.74. The van der Waals surface area contributed by atoms with Crippen LogP contribution in [-0.2, 0) is 0 Å². The zero-order valence-electron chi connectivity index (χ0n) is 8.40. The molecule has 0 saturated carbocycles. The van der Waals surface area contributed by atoms with E-state index in [-0.39, 0.29) is 0 Å². The molecule has 0 aliphatic rings. The first kappa shape index (κ1) is 10.7. The molecule has 0 saturated heterocycles. The van der Waals surface area contributed by atoms with Crippen LogP contribution in [0.5, 0.6) is 0 Å². The van der Waals surface area contributed by atoms with Gasteiger partial charge in [-0.05, 0) is 37.5 Å². The molecule has 1 aromatic rings.